The smallest absolute Gasteiger partial charge is 0.319 e. The Morgan fingerprint density at radius 1 is 0.957 bits per heavy atom. The Morgan fingerprint density at radius 3 is 2.17 bits per heavy atom. The van der Waals surface area contributed by atoms with Gasteiger partial charge in [-0.05, 0) is 49.2 Å². The summed E-state index contributed by atoms with van der Waals surface area (Å²) in [6.45, 7) is 3.60. The average Bonchev–Trinajstić information content (AvgIpc) is 2.51. The minimum Gasteiger partial charge on any atom is -0.329 e. The maximum absolute atomic E-state index is 12.8. The second kappa shape index (κ2) is 7.40. The average molecular weight is 315 g/mol. The molecule has 2 rings (SSSR count). The Morgan fingerprint density at radius 2 is 1.57 bits per heavy atom. The number of urea groups is 1. The van der Waals surface area contributed by atoms with Crippen molar-refractivity contribution in [3.8, 4) is 0 Å². The van der Waals surface area contributed by atoms with Gasteiger partial charge in [0.25, 0.3) is 0 Å². The molecule has 2 aromatic carbocycles. The molecule has 0 heterocycles. The lowest BCUT2D eigenvalue weighted by atomic mass is 10.1. The normalized spacial score (nSPS) is 10.0. The second-order valence-corrected chi connectivity index (χ2v) is 5.13. The van der Waals surface area contributed by atoms with E-state index in [1.165, 1.54) is 24.3 Å². The van der Waals surface area contributed by atoms with Crippen molar-refractivity contribution < 1.29 is 14.0 Å². The maximum Gasteiger partial charge on any atom is 0.319 e. The molecule has 0 fully saturated rings. The van der Waals surface area contributed by atoms with Gasteiger partial charge in [-0.25, -0.2) is 9.18 Å². The Kier molecular flexibility index (Phi) is 5.30. The molecule has 5 nitrogen and oxygen atoms in total. The van der Waals surface area contributed by atoms with Crippen molar-refractivity contribution in [1.82, 2.24) is 5.32 Å². The first kappa shape index (κ1) is 16.5. The molecule has 120 valence electrons. The van der Waals surface area contributed by atoms with E-state index in [9.17, 15) is 14.0 Å². The fourth-order valence-electron chi connectivity index (χ4n) is 2.07. The zero-order valence-electron chi connectivity index (χ0n) is 12.9. The van der Waals surface area contributed by atoms with Crippen molar-refractivity contribution in [2.24, 2.45) is 0 Å². The number of halogens is 1. The Labute approximate surface area is 133 Å². The van der Waals surface area contributed by atoms with Crippen LogP contribution >= 0.6 is 0 Å². The fourth-order valence-corrected chi connectivity index (χ4v) is 2.07. The van der Waals surface area contributed by atoms with E-state index in [4.69, 9.17) is 0 Å². The van der Waals surface area contributed by atoms with E-state index in [2.05, 4.69) is 16.0 Å². The van der Waals surface area contributed by atoms with Crippen LogP contribution in [-0.2, 0) is 4.79 Å². The lowest BCUT2D eigenvalue weighted by Gasteiger charge is -2.12. The highest BCUT2D eigenvalue weighted by Gasteiger charge is 2.09. The number of anilines is 2. The highest BCUT2D eigenvalue weighted by molar-refractivity contribution is 5.97. The lowest BCUT2D eigenvalue weighted by molar-refractivity contribution is -0.115. The largest absolute Gasteiger partial charge is 0.329 e. The minimum absolute atomic E-state index is 0.186. The maximum atomic E-state index is 12.8. The topological polar surface area (TPSA) is 70.2 Å². The molecule has 0 atom stereocenters. The van der Waals surface area contributed by atoms with E-state index in [0.717, 1.165) is 16.8 Å². The number of aryl methyl sites for hydroxylation is 2. The predicted molar refractivity (Wildman–Crippen MR) is 88.0 cm³/mol. The van der Waals surface area contributed by atoms with Crippen LogP contribution in [0.3, 0.4) is 0 Å². The lowest BCUT2D eigenvalue weighted by Crippen LogP contribution is -2.36. The summed E-state index contributed by atoms with van der Waals surface area (Å²) in [4.78, 5) is 23.6. The van der Waals surface area contributed by atoms with Crippen molar-refractivity contribution >= 4 is 23.3 Å². The standard InChI is InChI=1S/C17H18FN3O2/c1-11-4-3-5-12(2)16(11)21-17(23)19-10-15(22)20-14-8-6-13(18)7-9-14/h3-9H,10H2,1-2H3,(H,20,22)(H2,19,21,23). The third-order valence-electron chi connectivity index (χ3n) is 3.26. The summed E-state index contributed by atoms with van der Waals surface area (Å²) in [5.41, 5.74) is 3.07. The first-order valence-corrected chi connectivity index (χ1v) is 7.12. The van der Waals surface area contributed by atoms with Crippen LogP contribution in [-0.4, -0.2) is 18.5 Å². The summed E-state index contributed by atoms with van der Waals surface area (Å²) in [5.74, 6) is -0.776. The van der Waals surface area contributed by atoms with E-state index >= 15 is 0 Å². The van der Waals surface area contributed by atoms with Gasteiger partial charge < -0.3 is 16.0 Å². The molecule has 3 amide bonds. The SMILES string of the molecule is Cc1cccc(C)c1NC(=O)NCC(=O)Nc1ccc(F)cc1. The number of carbonyl (C=O) groups excluding carboxylic acids is 2. The molecule has 0 aliphatic carbocycles. The van der Waals surface area contributed by atoms with Crippen molar-refractivity contribution in [1.29, 1.82) is 0 Å². The Balaban J connectivity index is 1.84. The second-order valence-electron chi connectivity index (χ2n) is 5.13. The van der Waals surface area contributed by atoms with Crippen molar-refractivity contribution in [2.75, 3.05) is 17.2 Å². The summed E-state index contributed by atoms with van der Waals surface area (Å²) in [6.07, 6.45) is 0. The predicted octanol–water partition coefficient (Wildman–Crippen LogP) is 3.20. The zero-order valence-corrected chi connectivity index (χ0v) is 12.9. The monoisotopic (exact) mass is 315 g/mol. The first-order chi connectivity index (χ1) is 11.0. The number of carbonyl (C=O) groups is 2. The van der Waals surface area contributed by atoms with E-state index in [1.807, 2.05) is 32.0 Å². The molecular formula is C17H18FN3O2. The molecule has 0 bridgehead atoms. The third kappa shape index (κ3) is 4.81. The molecule has 0 aliphatic rings. The van der Waals surface area contributed by atoms with Crippen LogP contribution in [0.5, 0.6) is 0 Å². The molecule has 0 aromatic heterocycles. The Bertz CT molecular complexity index is 694. The van der Waals surface area contributed by atoms with Gasteiger partial charge in [-0.15, -0.1) is 0 Å². The van der Waals surface area contributed by atoms with Gasteiger partial charge in [0.1, 0.15) is 5.82 Å². The first-order valence-electron chi connectivity index (χ1n) is 7.12. The van der Waals surface area contributed by atoms with E-state index < -0.39 is 11.9 Å². The van der Waals surface area contributed by atoms with Crippen LogP contribution in [0.1, 0.15) is 11.1 Å². The quantitative estimate of drug-likeness (QED) is 0.811. The Hall–Kier alpha value is -2.89. The number of hydrogen-bond donors (Lipinski definition) is 3. The number of hydrogen-bond acceptors (Lipinski definition) is 2. The van der Waals surface area contributed by atoms with Crippen LogP contribution in [0.15, 0.2) is 42.5 Å². The van der Waals surface area contributed by atoms with Crippen LogP contribution < -0.4 is 16.0 Å². The molecule has 3 N–H and O–H groups in total. The molecule has 6 heteroatoms. The van der Waals surface area contributed by atoms with Crippen LogP contribution in [0.4, 0.5) is 20.6 Å². The molecule has 2 aromatic rings. The summed E-state index contributed by atoms with van der Waals surface area (Å²) in [5, 5.41) is 7.77. The minimum atomic E-state index is -0.461. The van der Waals surface area contributed by atoms with Crippen LogP contribution in [0.25, 0.3) is 0 Å². The highest BCUT2D eigenvalue weighted by atomic mass is 19.1. The van der Waals surface area contributed by atoms with Gasteiger partial charge in [0.2, 0.25) is 5.91 Å². The molecule has 0 saturated heterocycles. The number of amides is 3. The third-order valence-corrected chi connectivity index (χ3v) is 3.26. The van der Waals surface area contributed by atoms with E-state index in [0.29, 0.717) is 5.69 Å². The van der Waals surface area contributed by atoms with Gasteiger partial charge in [0, 0.05) is 11.4 Å². The van der Waals surface area contributed by atoms with Gasteiger partial charge in [0.15, 0.2) is 0 Å². The number of rotatable bonds is 4. The molecular weight excluding hydrogens is 297 g/mol. The van der Waals surface area contributed by atoms with Gasteiger partial charge in [-0.3, -0.25) is 4.79 Å². The zero-order chi connectivity index (χ0) is 16.8. The summed E-state index contributed by atoms with van der Waals surface area (Å²) in [6, 6.07) is 10.6. The molecule has 0 spiro atoms. The van der Waals surface area contributed by atoms with Crippen LogP contribution in [0.2, 0.25) is 0 Å². The van der Waals surface area contributed by atoms with E-state index in [1.54, 1.807) is 0 Å². The fraction of sp³-hybridized carbons (Fsp3) is 0.176. The van der Waals surface area contributed by atoms with Gasteiger partial charge in [-0.1, -0.05) is 18.2 Å². The molecule has 0 radical (unpaired) electrons. The number of para-hydroxylation sites is 1. The molecule has 0 unspecified atom stereocenters. The van der Waals surface area contributed by atoms with Crippen molar-refractivity contribution in [2.45, 2.75) is 13.8 Å². The van der Waals surface area contributed by atoms with Crippen LogP contribution in [0, 0.1) is 19.7 Å². The summed E-state index contributed by atoms with van der Waals surface area (Å²) >= 11 is 0. The molecule has 23 heavy (non-hydrogen) atoms. The van der Waals surface area contributed by atoms with Gasteiger partial charge in [0.05, 0.1) is 6.54 Å². The number of benzene rings is 2. The van der Waals surface area contributed by atoms with Crippen molar-refractivity contribution in [3.05, 3.63) is 59.4 Å². The number of nitrogens with one attached hydrogen (secondary N) is 3. The highest BCUT2D eigenvalue weighted by Crippen LogP contribution is 2.18. The van der Waals surface area contributed by atoms with Gasteiger partial charge >= 0.3 is 6.03 Å². The summed E-state index contributed by atoms with van der Waals surface area (Å²) in [7, 11) is 0. The molecule has 0 saturated carbocycles. The van der Waals surface area contributed by atoms with E-state index in [-0.39, 0.29) is 12.4 Å². The molecule has 0 aliphatic heterocycles. The summed E-state index contributed by atoms with van der Waals surface area (Å²) < 4.78 is 12.8. The van der Waals surface area contributed by atoms with Gasteiger partial charge in [-0.2, -0.15) is 0 Å². The van der Waals surface area contributed by atoms with Crippen molar-refractivity contribution in [3.63, 3.8) is 0 Å².